The van der Waals surface area contributed by atoms with Crippen LogP contribution in [0.15, 0.2) is 30.0 Å². The Kier molecular flexibility index (Phi) is 4.23. The maximum atomic E-state index is 4.33. The van der Waals surface area contributed by atoms with Crippen LogP contribution in [0.2, 0.25) is 0 Å². The van der Waals surface area contributed by atoms with E-state index in [1.807, 2.05) is 17.8 Å². The SMILES string of the molecule is CCCNC(c1cccnc1)c1scnc1C. The zero-order chi connectivity index (χ0) is 12.1. The van der Waals surface area contributed by atoms with Crippen molar-refractivity contribution in [3.63, 3.8) is 0 Å². The molecule has 0 aromatic carbocycles. The lowest BCUT2D eigenvalue weighted by Gasteiger charge is -2.17. The van der Waals surface area contributed by atoms with Gasteiger partial charge in [-0.15, -0.1) is 11.3 Å². The van der Waals surface area contributed by atoms with Crippen LogP contribution in [-0.4, -0.2) is 16.5 Å². The van der Waals surface area contributed by atoms with Gasteiger partial charge in [-0.1, -0.05) is 13.0 Å². The van der Waals surface area contributed by atoms with E-state index in [4.69, 9.17) is 0 Å². The van der Waals surface area contributed by atoms with Crippen LogP contribution in [0.5, 0.6) is 0 Å². The van der Waals surface area contributed by atoms with Crippen molar-refractivity contribution < 1.29 is 0 Å². The van der Waals surface area contributed by atoms with Crippen molar-refractivity contribution in [2.45, 2.75) is 26.3 Å². The van der Waals surface area contributed by atoms with Gasteiger partial charge in [0.05, 0.1) is 17.2 Å². The van der Waals surface area contributed by atoms with E-state index >= 15 is 0 Å². The summed E-state index contributed by atoms with van der Waals surface area (Å²) in [4.78, 5) is 9.81. The molecular weight excluding hydrogens is 230 g/mol. The van der Waals surface area contributed by atoms with Crippen molar-refractivity contribution in [2.24, 2.45) is 0 Å². The van der Waals surface area contributed by atoms with Crippen LogP contribution < -0.4 is 5.32 Å². The van der Waals surface area contributed by atoms with Gasteiger partial charge in [0.1, 0.15) is 0 Å². The number of hydrogen-bond donors (Lipinski definition) is 1. The molecule has 0 aliphatic carbocycles. The molecule has 3 nitrogen and oxygen atoms in total. The molecule has 2 rings (SSSR count). The maximum Gasteiger partial charge on any atom is 0.0798 e. The third-order valence-corrected chi connectivity index (χ3v) is 3.66. The maximum absolute atomic E-state index is 4.33. The lowest BCUT2D eigenvalue weighted by molar-refractivity contribution is 0.601. The summed E-state index contributed by atoms with van der Waals surface area (Å²) < 4.78 is 0. The second-order valence-corrected chi connectivity index (χ2v) is 4.86. The number of hydrogen-bond acceptors (Lipinski definition) is 4. The van der Waals surface area contributed by atoms with E-state index in [1.54, 1.807) is 17.5 Å². The predicted molar refractivity (Wildman–Crippen MR) is 71.2 cm³/mol. The number of nitrogens with one attached hydrogen (secondary N) is 1. The van der Waals surface area contributed by atoms with E-state index < -0.39 is 0 Å². The fourth-order valence-electron chi connectivity index (χ4n) is 1.79. The lowest BCUT2D eigenvalue weighted by atomic mass is 10.1. The van der Waals surface area contributed by atoms with Crippen molar-refractivity contribution >= 4 is 11.3 Å². The van der Waals surface area contributed by atoms with Gasteiger partial charge in [-0.05, 0) is 31.5 Å². The minimum atomic E-state index is 0.219. The fraction of sp³-hybridized carbons (Fsp3) is 0.385. The van der Waals surface area contributed by atoms with Crippen molar-refractivity contribution in [3.8, 4) is 0 Å². The molecule has 0 amide bonds. The molecule has 2 heterocycles. The Morgan fingerprint density at radius 2 is 2.35 bits per heavy atom. The van der Waals surface area contributed by atoms with Crippen LogP contribution in [-0.2, 0) is 0 Å². The molecule has 2 aromatic rings. The standard InChI is InChI=1S/C13H17N3S/c1-3-6-15-12(11-5-4-7-14-8-11)13-10(2)16-9-17-13/h4-5,7-9,12,15H,3,6H2,1-2H3. The molecule has 0 aliphatic heterocycles. The minimum Gasteiger partial charge on any atom is -0.305 e. The Bertz CT molecular complexity index is 453. The summed E-state index contributed by atoms with van der Waals surface area (Å²) >= 11 is 1.70. The number of aromatic nitrogens is 2. The first-order chi connectivity index (χ1) is 8.33. The molecule has 0 saturated carbocycles. The Morgan fingerprint density at radius 1 is 1.47 bits per heavy atom. The Morgan fingerprint density at radius 3 is 2.94 bits per heavy atom. The van der Waals surface area contributed by atoms with Gasteiger partial charge >= 0.3 is 0 Å². The van der Waals surface area contributed by atoms with E-state index in [2.05, 4.69) is 35.2 Å². The molecule has 2 aromatic heterocycles. The van der Waals surface area contributed by atoms with Gasteiger partial charge < -0.3 is 5.32 Å². The summed E-state index contributed by atoms with van der Waals surface area (Å²) in [6, 6.07) is 4.31. The Labute approximate surface area is 106 Å². The van der Waals surface area contributed by atoms with Gasteiger partial charge in [0.15, 0.2) is 0 Å². The number of nitrogens with zero attached hydrogens (tertiary/aromatic N) is 2. The van der Waals surface area contributed by atoms with Crippen LogP contribution in [0.3, 0.4) is 0 Å². The van der Waals surface area contributed by atoms with Crippen LogP contribution in [0.1, 0.15) is 35.5 Å². The summed E-state index contributed by atoms with van der Waals surface area (Å²) in [5.41, 5.74) is 4.21. The van der Waals surface area contributed by atoms with Gasteiger partial charge in [0, 0.05) is 17.3 Å². The molecule has 0 fully saturated rings. The molecule has 0 aliphatic rings. The zero-order valence-corrected chi connectivity index (χ0v) is 11.0. The first-order valence-corrected chi connectivity index (χ1v) is 6.74. The second-order valence-electron chi connectivity index (χ2n) is 3.98. The van der Waals surface area contributed by atoms with Gasteiger partial charge in [-0.2, -0.15) is 0 Å². The largest absolute Gasteiger partial charge is 0.305 e. The molecule has 0 saturated heterocycles. The van der Waals surface area contributed by atoms with E-state index in [9.17, 15) is 0 Å². The third-order valence-electron chi connectivity index (χ3n) is 2.66. The first kappa shape index (κ1) is 12.2. The zero-order valence-electron chi connectivity index (χ0n) is 10.2. The quantitative estimate of drug-likeness (QED) is 0.882. The topological polar surface area (TPSA) is 37.8 Å². The molecule has 1 N–H and O–H groups in total. The number of rotatable bonds is 5. The third kappa shape index (κ3) is 2.90. The van der Waals surface area contributed by atoms with E-state index in [0.29, 0.717) is 0 Å². The van der Waals surface area contributed by atoms with Crippen molar-refractivity contribution in [1.82, 2.24) is 15.3 Å². The monoisotopic (exact) mass is 247 g/mol. The first-order valence-electron chi connectivity index (χ1n) is 5.86. The van der Waals surface area contributed by atoms with Gasteiger partial charge in [-0.25, -0.2) is 4.98 Å². The van der Waals surface area contributed by atoms with Crippen LogP contribution >= 0.6 is 11.3 Å². The van der Waals surface area contributed by atoms with E-state index in [-0.39, 0.29) is 6.04 Å². The predicted octanol–water partition coefficient (Wildman–Crippen LogP) is 2.94. The highest BCUT2D eigenvalue weighted by atomic mass is 32.1. The highest BCUT2D eigenvalue weighted by Gasteiger charge is 2.17. The average Bonchev–Trinajstić information content (AvgIpc) is 2.78. The van der Waals surface area contributed by atoms with Gasteiger partial charge in [-0.3, -0.25) is 4.98 Å². The van der Waals surface area contributed by atoms with Crippen molar-refractivity contribution in [2.75, 3.05) is 6.54 Å². The summed E-state index contributed by atoms with van der Waals surface area (Å²) in [5, 5.41) is 3.56. The molecule has 0 spiro atoms. The van der Waals surface area contributed by atoms with Crippen molar-refractivity contribution in [1.29, 1.82) is 0 Å². The number of aryl methyl sites for hydroxylation is 1. The minimum absolute atomic E-state index is 0.219. The molecule has 4 heteroatoms. The molecule has 0 bridgehead atoms. The molecular formula is C13H17N3S. The lowest BCUT2D eigenvalue weighted by Crippen LogP contribution is -2.23. The van der Waals surface area contributed by atoms with Crippen molar-refractivity contribution in [3.05, 3.63) is 46.2 Å². The number of thiazole rings is 1. The van der Waals surface area contributed by atoms with E-state index in [1.165, 1.54) is 10.4 Å². The normalized spacial score (nSPS) is 12.6. The summed E-state index contributed by atoms with van der Waals surface area (Å²) in [7, 11) is 0. The summed E-state index contributed by atoms with van der Waals surface area (Å²) in [6.07, 6.45) is 4.85. The average molecular weight is 247 g/mol. The molecule has 1 atom stereocenters. The molecule has 17 heavy (non-hydrogen) atoms. The Hall–Kier alpha value is -1.26. The molecule has 90 valence electrons. The Balaban J connectivity index is 2.29. The molecule has 1 unspecified atom stereocenters. The van der Waals surface area contributed by atoms with E-state index in [0.717, 1.165) is 18.7 Å². The van der Waals surface area contributed by atoms with Gasteiger partial charge in [0.2, 0.25) is 0 Å². The number of pyridine rings is 1. The highest BCUT2D eigenvalue weighted by Crippen LogP contribution is 2.27. The molecule has 0 radical (unpaired) electrons. The summed E-state index contributed by atoms with van der Waals surface area (Å²) in [5.74, 6) is 0. The summed E-state index contributed by atoms with van der Waals surface area (Å²) in [6.45, 7) is 5.23. The van der Waals surface area contributed by atoms with Crippen LogP contribution in [0.4, 0.5) is 0 Å². The van der Waals surface area contributed by atoms with Crippen LogP contribution in [0, 0.1) is 6.92 Å². The highest BCUT2D eigenvalue weighted by molar-refractivity contribution is 7.09. The smallest absolute Gasteiger partial charge is 0.0798 e. The fourth-order valence-corrected chi connectivity index (χ4v) is 2.69. The van der Waals surface area contributed by atoms with Crippen LogP contribution in [0.25, 0.3) is 0 Å². The van der Waals surface area contributed by atoms with Gasteiger partial charge in [0.25, 0.3) is 0 Å². The second kappa shape index (κ2) is 5.89.